The molecule has 6 fully saturated rings. The quantitative estimate of drug-likeness (QED) is 0.271. The number of amides is 2. The molecule has 2 N–H and O–H groups in total. The highest BCUT2D eigenvalue weighted by Gasteiger charge is 2.61. The van der Waals surface area contributed by atoms with Gasteiger partial charge in [-0.3, -0.25) is 9.59 Å². The van der Waals surface area contributed by atoms with Crippen LogP contribution < -0.4 is 5.32 Å². The maximum Gasteiger partial charge on any atom is 0.246 e. The first-order valence-electron chi connectivity index (χ1n) is 17.5. The number of aryl methyl sites for hydroxylation is 1. The van der Waals surface area contributed by atoms with E-state index in [1.54, 1.807) is 12.1 Å². The molecule has 0 aliphatic heterocycles. The fraction of sp³-hybridized carbons (Fsp3) is 0.590. The third-order valence-electron chi connectivity index (χ3n) is 13.1. The Balaban J connectivity index is 1.11. The third-order valence-corrected chi connectivity index (χ3v) is 13.1. The van der Waals surface area contributed by atoms with Crippen molar-refractivity contribution in [3.8, 4) is 0 Å². The molecular formula is C39H48FN3O2. The Bertz CT molecular complexity index is 1610. The molecule has 1 aromatic heterocycles. The zero-order valence-electron chi connectivity index (χ0n) is 27.1. The minimum Gasteiger partial charge on any atom is -0.358 e. The molecule has 6 saturated carbocycles. The largest absolute Gasteiger partial charge is 0.358 e. The molecule has 2 aromatic carbocycles. The van der Waals surface area contributed by atoms with Gasteiger partial charge in [0, 0.05) is 40.7 Å². The summed E-state index contributed by atoms with van der Waals surface area (Å²) in [5, 5.41) is 4.89. The number of nitrogens with one attached hydrogen (secondary N) is 2. The van der Waals surface area contributed by atoms with E-state index in [0.29, 0.717) is 42.6 Å². The summed E-state index contributed by atoms with van der Waals surface area (Å²) in [6.45, 7) is 6.80. The van der Waals surface area contributed by atoms with E-state index in [4.69, 9.17) is 0 Å². The first kappa shape index (κ1) is 29.3. The second kappa shape index (κ2) is 10.4. The lowest BCUT2D eigenvalue weighted by Crippen LogP contribution is -2.66. The van der Waals surface area contributed by atoms with Crippen LogP contribution in [-0.4, -0.2) is 32.8 Å². The average molecular weight is 610 g/mol. The van der Waals surface area contributed by atoms with Crippen LogP contribution in [0.4, 0.5) is 4.39 Å². The summed E-state index contributed by atoms with van der Waals surface area (Å²) in [4.78, 5) is 34.9. The lowest BCUT2D eigenvalue weighted by atomic mass is 9.53. The standard InChI is InChI=1S/C39H48FN3O2/c1-24-34(29-11-5-7-13-32(29)41-24)35-30(37(35,2)3)19-33(44)43(23-28-10-4-6-12-31(28)40)39(14-8-9-15-39)36(45)42-38-20-25-16-26(21-38)18-27(17-25)22-38/h4-7,10-13,25-27,30,35,41H,8-9,14-23H2,1-3H3,(H,42,45). The Morgan fingerprint density at radius 2 is 1.56 bits per heavy atom. The van der Waals surface area contributed by atoms with Crippen molar-refractivity contribution in [1.29, 1.82) is 0 Å². The first-order chi connectivity index (χ1) is 21.6. The summed E-state index contributed by atoms with van der Waals surface area (Å²) >= 11 is 0. The second-order valence-electron chi connectivity index (χ2n) is 16.3. The normalized spacial score (nSPS) is 32.1. The number of H-pyrrole nitrogens is 1. The van der Waals surface area contributed by atoms with Gasteiger partial charge in [-0.1, -0.05) is 63.1 Å². The van der Waals surface area contributed by atoms with Gasteiger partial charge >= 0.3 is 0 Å². The minimum atomic E-state index is -0.937. The number of hydrogen-bond acceptors (Lipinski definition) is 2. The first-order valence-corrected chi connectivity index (χ1v) is 17.5. The predicted molar refractivity (Wildman–Crippen MR) is 175 cm³/mol. The molecule has 0 saturated heterocycles. The van der Waals surface area contributed by atoms with Crippen LogP contribution >= 0.6 is 0 Å². The molecule has 238 valence electrons. The number of aromatic nitrogens is 1. The summed E-state index contributed by atoms with van der Waals surface area (Å²) in [6, 6.07) is 15.2. The Morgan fingerprint density at radius 1 is 0.933 bits per heavy atom. The highest BCUT2D eigenvalue weighted by molar-refractivity contribution is 5.93. The summed E-state index contributed by atoms with van der Waals surface area (Å²) in [6.07, 6.45) is 10.6. The fourth-order valence-corrected chi connectivity index (χ4v) is 11.2. The van der Waals surface area contributed by atoms with Crippen molar-refractivity contribution in [1.82, 2.24) is 15.2 Å². The van der Waals surface area contributed by atoms with Crippen molar-refractivity contribution in [2.45, 2.75) is 115 Å². The van der Waals surface area contributed by atoms with Gasteiger partial charge in [0.15, 0.2) is 0 Å². The van der Waals surface area contributed by atoms with E-state index in [0.717, 1.165) is 43.3 Å². The molecule has 3 aromatic rings. The Labute approximate surface area is 266 Å². The zero-order chi connectivity index (χ0) is 31.1. The average Bonchev–Trinajstić information content (AvgIpc) is 3.33. The van der Waals surface area contributed by atoms with Gasteiger partial charge in [-0.2, -0.15) is 0 Å². The maximum atomic E-state index is 15.2. The molecule has 9 rings (SSSR count). The summed E-state index contributed by atoms with van der Waals surface area (Å²) in [5.41, 5.74) is 2.96. The van der Waals surface area contributed by atoms with Crippen LogP contribution in [0.5, 0.6) is 0 Å². The molecule has 2 unspecified atom stereocenters. The Kier molecular flexibility index (Phi) is 6.79. The van der Waals surface area contributed by atoms with Gasteiger partial charge in [-0.05, 0) is 111 Å². The number of aromatic amines is 1. The van der Waals surface area contributed by atoms with Crippen molar-refractivity contribution in [2.24, 2.45) is 29.1 Å². The molecule has 5 nitrogen and oxygen atoms in total. The number of para-hydroxylation sites is 1. The van der Waals surface area contributed by atoms with Gasteiger partial charge < -0.3 is 15.2 Å². The van der Waals surface area contributed by atoms with Gasteiger partial charge in [0.25, 0.3) is 0 Å². The van der Waals surface area contributed by atoms with E-state index < -0.39 is 5.54 Å². The number of rotatable bonds is 8. The van der Waals surface area contributed by atoms with E-state index in [-0.39, 0.29) is 47.0 Å². The van der Waals surface area contributed by atoms with Crippen molar-refractivity contribution in [3.05, 3.63) is 71.2 Å². The van der Waals surface area contributed by atoms with Crippen molar-refractivity contribution in [2.75, 3.05) is 0 Å². The Hall–Kier alpha value is -3.15. The van der Waals surface area contributed by atoms with E-state index in [2.05, 4.69) is 55.3 Å². The van der Waals surface area contributed by atoms with Crippen LogP contribution in [0.25, 0.3) is 10.9 Å². The number of nitrogens with zero attached hydrogens (tertiary/aromatic N) is 1. The minimum absolute atomic E-state index is 0.0149. The van der Waals surface area contributed by atoms with E-state index in [1.165, 1.54) is 36.3 Å². The molecule has 6 heteroatoms. The monoisotopic (exact) mass is 609 g/mol. The number of carbonyl (C=O) groups excluding carboxylic acids is 2. The van der Waals surface area contributed by atoms with Crippen LogP contribution in [0.1, 0.15) is 107 Å². The molecule has 2 atom stereocenters. The maximum absolute atomic E-state index is 15.2. The summed E-state index contributed by atoms with van der Waals surface area (Å²) < 4.78 is 15.2. The van der Waals surface area contributed by atoms with Crippen molar-refractivity contribution in [3.63, 3.8) is 0 Å². The number of benzene rings is 2. The van der Waals surface area contributed by atoms with Gasteiger partial charge in [0.1, 0.15) is 11.4 Å². The van der Waals surface area contributed by atoms with Crippen molar-refractivity contribution < 1.29 is 14.0 Å². The molecule has 0 spiro atoms. The lowest BCUT2D eigenvalue weighted by molar-refractivity contribution is -0.152. The van der Waals surface area contributed by atoms with Crippen LogP contribution in [0.15, 0.2) is 48.5 Å². The smallest absolute Gasteiger partial charge is 0.246 e. The highest BCUT2D eigenvalue weighted by atomic mass is 19.1. The van der Waals surface area contributed by atoms with Crippen molar-refractivity contribution >= 4 is 22.7 Å². The third kappa shape index (κ3) is 4.76. The van der Waals surface area contributed by atoms with Gasteiger partial charge in [0.05, 0.1) is 0 Å². The number of fused-ring (bicyclic) bond motifs is 1. The molecule has 0 radical (unpaired) electrons. The molecular weight excluding hydrogens is 561 g/mol. The number of hydrogen-bond donors (Lipinski definition) is 2. The molecule has 2 amide bonds. The Morgan fingerprint density at radius 3 is 2.22 bits per heavy atom. The highest BCUT2D eigenvalue weighted by Crippen LogP contribution is 2.67. The van der Waals surface area contributed by atoms with Gasteiger partial charge in [-0.15, -0.1) is 0 Å². The summed E-state index contributed by atoms with van der Waals surface area (Å²) in [5.74, 6) is 2.23. The SMILES string of the molecule is Cc1[nH]c2ccccc2c1C1C(CC(=O)N(Cc2ccccc2F)C2(C(=O)NC34CC5CC(CC(C5)C3)C4)CCCC2)C1(C)C. The van der Waals surface area contributed by atoms with E-state index in [9.17, 15) is 9.59 Å². The fourth-order valence-electron chi connectivity index (χ4n) is 11.2. The summed E-state index contributed by atoms with van der Waals surface area (Å²) in [7, 11) is 0. The predicted octanol–water partition coefficient (Wildman–Crippen LogP) is 8.17. The van der Waals surface area contributed by atoms with Gasteiger partial charge in [-0.25, -0.2) is 4.39 Å². The zero-order valence-corrected chi connectivity index (χ0v) is 27.1. The molecule has 45 heavy (non-hydrogen) atoms. The van der Waals surface area contributed by atoms with Crippen LogP contribution in [0, 0.1) is 41.8 Å². The van der Waals surface area contributed by atoms with Gasteiger partial charge in [0.2, 0.25) is 11.8 Å². The van der Waals surface area contributed by atoms with Crippen LogP contribution in [0.2, 0.25) is 0 Å². The number of carbonyl (C=O) groups is 2. The van der Waals surface area contributed by atoms with E-state index >= 15 is 4.39 Å². The second-order valence-corrected chi connectivity index (χ2v) is 16.3. The van der Waals surface area contributed by atoms with E-state index in [1.807, 2.05) is 11.0 Å². The molecule has 6 aliphatic rings. The lowest BCUT2D eigenvalue weighted by Gasteiger charge is -2.57. The topological polar surface area (TPSA) is 65.2 Å². The van der Waals surface area contributed by atoms with Crippen LogP contribution in [0.3, 0.4) is 0 Å². The van der Waals surface area contributed by atoms with Crippen LogP contribution in [-0.2, 0) is 16.1 Å². The molecule has 4 bridgehead atoms. The molecule has 1 heterocycles. The number of halogens is 1. The molecule has 6 aliphatic carbocycles.